The Morgan fingerprint density at radius 3 is 1.30 bits per heavy atom. The van der Waals surface area contributed by atoms with Gasteiger partial charge in [-0.05, 0) is 55.4 Å². The molecule has 0 bridgehead atoms. The Bertz CT molecular complexity index is 373. The molecule has 0 spiro atoms. The fraction of sp³-hybridized carbons (Fsp3) is 0.786. The molecular formula is C14H24O5Ti. The Kier molecular flexibility index (Phi) is 7.58. The van der Waals surface area contributed by atoms with Gasteiger partial charge in [-0.1, -0.05) is 0 Å². The van der Waals surface area contributed by atoms with Gasteiger partial charge in [0.1, 0.15) is 5.60 Å². The topological polar surface area (TPSA) is 69.7 Å². The molecule has 0 fully saturated rings. The molecular weight excluding hydrogens is 296 g/mol. The summed E-state index contributed by atoms with van der Waals surface area (Å²) in [5.41, 5.74) is -3.84. The van der Waals surface area contributed by atoms with E-state index >= 15 is 0 Å². The maximum Gasteiger partial charge on any atom is 0.354 e. The van der Waals surface area contributed by atoms with Crippen LogP contribution >= 0.6 is 0 Å². The van der Waals surface area contributed by atoms with Gasteiger partial charge in [-0.2, -0.15) is 0 Å². The minimum Gasteiger partial charge on any atom is -0.457 e. The zero-order valence-electron chi connectivity index (χ0n) is 13.5. The van der Waals surface area contributed by atoms with E-state index in [1.807, 2.05) is 0 Å². The molecule has 0 atom stereocenters. The average molecular weight is 320 g/mol. The summed E-state index contributed by atoms with van der Waals surface area (Å²) in [6, 6.07) is 0. The number of hydrogen-bond donors (Lipinski definition) is 0. The van der Waals surface area contributed by atoms with E-state index in [4.69, 9.17) is 9.47 Å². The van der Waals surface area contributed by atoms with Gasteiger partial charge >= 0.3 is 5.97 Å². The minimum atomic E-state index is -2.19. The SMILES string of the molecule is CC(=O)C(OC(C)(C)C)(C(C)=O)C(=O)OC(C)(C)C.[Ti]. The maximum atomic E-state index is 12.3. The van der Waals surface area contributed by atoms with Gasteiger partial charge in [0.2, 0.25) is 0 Å². The van der Waals surface area contributed by atoms with Crippen LogP contribution in [0.3, 0.4) is 0 Å². The van der Waals surface area contributed by atoms with Crippen LogP contribution in [-0.4, -0.2) is 34.3 Å². The van der Waals surface area contributed by atoms with Crippen LogP contribution in [0, 0.1) is 0 Å². The molecule has 0 aliphatic carbocycles. The van der Waals surface area contributed by atoms with Gasteiger partial charge in [-0.15, -0.1) is 0 Å². The molecule has 0 aromatic heterocycles. The smallest absolute Gasteiger partial charge is 0.354 e. The van der Waals surface area contributed by atoms with Crippen LogP contribution < -0.4 is 0 Å². The molecule has 0 aliphatic rings. The summed E-state index contributed by atoms with van der Waals surface area (Å²) in [4.78, 5) is 36.0. The Morgan fingerprint density at radius 1 is 0.750 bits per heavy atom. The van der Waals surface area contributed by atoms with Crippen LogP contribution in [0.25, 0.3) is 0 Å². The van der Waals surface area contributed by atoms with E-state index in [0.717, 1.165) is 13.8 Å². The molecule has 0 aromatic carbocycles. The predicted molar refractivity (Wildman–Crippen MR) is 70.8 cm³/mol. The Morgan fingerprint density at radius 2 is 1.10 bits per heavy atom. The van der Waals surface area contributed by atoms with Crippen LogP contribution in [0.1, 0.15) is 55.4 Å². The van der Waals surface area contributed by atoms with Crippen molar-refractivity contribution in [1.29, 1.82) is 0 Å². The van der Waals surface area contributed by atoms with Crippen molar-refractivity contribution >= 4 is 17.5 Å². The van der Waals surface area contributed by atoms with E-state index in [1.165, 1.54) is 0 Å². The molecule has 0 saturated carbocycles. The summed E-state index contributed by atoms with van der Waals surface area (Å²) < 4.78 is 10.6. The first-order valence-corrected chi connectivity index (χ1v) is 6.18. The molecule has 0 unspecified atom stereocenters. The first kappa shape index (κ1) is 21.8. The fourth-order valence-electron chi connectivity index (χ4n) is 1.53. The first-order chi connectivity index (χ1) is 8.22. The summed E-state index contributed by atoms with van der Waals surface area (Å²) in [7, 11) is 0. The number of rotatable bonds is 4. The monoisotopic (exact) mass is 320 g/mol. The van der Waals surface area contributed by atoms with E-state index < -0.39 is 34.3 Å². The van der Waals surface area contributed by atoms with E-state index in [9.17, 15) is 14.4 Å². The van der Waals surface area contributed by atoms with Gasteiger partial charge in [0, 0.05) is 21.7 Å². The third-order valence-corrected chi connectivity index (χ3v) is 2.14. The summed E-state index contributed by atoms with van der Waals surface area (Å²) in [6.45, 7) is 12.3. The molecule has 6 heteroatoms. The Balaban J connectivity index is 0. The number of carbonyl (C=O) groups is 3. The van der Waals surface area contributed by atoms with Crippen molar-refractivity contribution in [3.8, 4) is 0 Å². The van der Waals surface area contributed by atoms with Crippen molar-refractivity contribution in [3.63, 3.8) is 0 Å². The summed E-state index contributed by atoms with van der Waals surface area (Å²) in [5, 5.41) is 0. The molecule has 114 valence electrons. The van der Waals surface area contributed by atoms with E-state index in [2.05, 4.69) is 0 Å². The minimum absolute atomic E-state index is 0. The van der Waals surface area contributed by atoms with Crippen LogP contribution in [-0.2, 0) is 45.6 Å². The zero-order chi connectivity index (χ0) is 15.6. The van der Waals surface area contributed by atoms with Crippen LogP contribution in [0.15, 0.2) is 0 Å². The summed E-state index contributed by atoms with van der Waals surface area (Å²) in [5.74, 6) is -2.32. The quantitative estimate of drug-likeness (QED) is 0.450. The predicted octanol–water partition coefficient (Wildman–Crippen LogP) is 2.06. The summed E-state index contributed by atoms with van der Waals surface area (Å²) >= 11 is 0. The van der Waals surface area contributed by atoms with Crippen molar-refractivity contribution < 1.29 is 45.6 Å². The van der Waals surface area contributed by atoms with Gasteiger partial charge in [0.15, 0.2) is 11.6 Å². The van der Waals surface area contributed by atoms with E-state index in [-0.39, 0.29) is 21.7 Å². The van der Waals surface area contributed by atoms with Crippen molar-refractivity contribution in [2.75, 3.05) is 0 Å². The van der Waals surface area contributed by atoms with Crippen molar-refractivity contribution in [2.24, 2.45) is 0 Å². The number of esters is 1. The molecule has 0 aliphatic heterocycles. The average Bonchev–Trinajstić information content (AvgIpc) is 2.08. The number of ether oxygens (including phenoxy) is 2. The number of hydrogen-bond acceptors (Lipinski definition) is 5. The molecule has 5 nitrogen and oxygen atoms in total. The second-order valence-electron chi connectivity index (χ2n) is 6.51. The zero-order valence-corrected chi connectivity index (χ0v) is 15.1. The van der Waals surface area contributed by atoms with Crippen molar-refractivity contribution in [3.05, 3.63) is 0 Å². The second-order valence-corrected chi connectivity index (χ2v) is 6.51. The molecule has 0 heterocycles. The maximum absolute atomic E-state index is 12.3. The number of ketones is 2. The third kappa shape index (κ3) is 5.86. The van der Waals surface area contributed by atoms with Gasteiger partial charge in [-0.25, -0.2) is 4.79 Å². The largest absolute Gasteiger partial charge is 0.457 e. The molecule has 0 amide bonds. The fourth-order valence-corrected chi connectivity index (χ4v) is 1.53. The molecule has 0 rings (SSSR count). The van der Waals surface area contributed by atoms with Gasteiger partial charge in [-0.3, -0.25) is 9.59 Å². The van der Waals surface area contributed by atoms with Crippen LogP contribution in [0.2, 0.25) is 0 Å². The molecule has 20 heavy (non-hydrogen) atoms. The van der Waals surface area contributed by atoms with Crippen molar-refractivity contribution in [1.82, 2.24) is 0 Å². The molecule has 0 saturated heterocycles. The Labute approximate surface area is 135 Å². The van der Waals surface area contributed by atoms with Crippen LogP contribution in [0.4, 0.5) is 0 Å². The molecule has 0 N–H and O–H groups in total. The first-order valence-electron chi connectivity index (χ1n) is 6.18. The Hall–Kier alpha value is -0.516. The van der Waals surface area contributed by atoms with E-state index in [0.29, 0.717) is 0 Å². The normalized spacial score (nSPS) is 12.4. The summed E-state index contributed by atoms with van der Waals surface area (Å²) in [6.07, 6.45) is 0. The van der Waals surface area contributed by atoms with Crippen molar-refractivity contribution in [2.45, 2.75) is 72.2 Å². The van der Waals surface area contributed by atoms with Gasteiger partial charge < -0.3 is 9.47 Å². The van der Waals surface area contributed by atoms with Crippen LogP contribution in [0.5, 0.6) is 0 Å². The van der Waals surface area contributed by atoms with Gasteiger partial charge in [0.25, 0.3) is 5.60 Å². The molecule has 0 aromatic rings. The number of carbonyl (C=O) groups excluding carboxylic acids is 3. The molecule has 0 radical (unpaired) electrons. The second kappa shape index (κ2) is 6.96. The standard InChI is InChI=1S/C14H24O5.Ti/c1-9(15)14(10(2)16,19-13(6,7)8)11(17)18-12(3,4)5;/h1-8H3;. The van der Waals surface area contributed by atoms with E-state index in [1.54, 1.807) is 41.5 Å². The number of Topliss-reactive ketones (excluding diaryl/α,β-unsaturated/α-hetero) is 2. The van der Waals surface area contributed by atoms with Gasteiger partial charge in [0.05, 0.1) is 5.60 Å². The third-order valence-electron chi connectivity index (χ3n) is 2.14.